The van der Waals surface area contributed by atoms with Crippen LogP contribution in [0.2, 0.25) is 0 Å². The molecule has 0 heterocycles. The smallest absolute Gasteiger partial charge is 0.387 e. The first-order chi connectivity index (χ1) is 7.90. The Morgan fingerprint density at radius 2 is 2.18 bits per heavy atom. The highest BCUT2D eigenvalue weighted by atomic mass is 19.3. The lowest BCUT2D eigenvalue weighted by atomic mass is 10.2. The SMILES string of the molecule is CC(=O)Nc1ccc(OC(F)F)c([N+](=O)[O-])c1. The van der Waals surface area contributed by atoms with E-state index in [0.717, 1.165) is 12.1 Å². The largest absolute Gasteiger partial charge is 0.427 e. The molecule has 92 valence electrons. The highest BCUT2D eigenvalue weighted by Gasteiger charge is 2.19. The molecule has 0 aliphatic carbocycles. The summed E-state index contributed by atoms with van der Waals surface area (Å²) in [4.78, 5) is 20.5. The van der Waals surface area contributed by atoms with Gasteiger partial charge in [-0.3, -0.25) is 14.9 Å². The number of benzene rings is 1. The van der Waals surface area contributed by atoms with Gasteiger partial charge < -0.3 is 10.1 Å². The summed E-state index contributed by atoms with van der Waals surface area (Å²) in [6.07, 6.45) is 0. The summed E-state index contributed by atoms with van der Waals surface area (Å²) in [5.41, 5.74) is -0.512. The van der Waals surface area contributed by atoms with Crippen molar-refractivity contribution in [3.05, 3.63) is 28.3 Å². The van der Waals surface area contributed by atoms with Gasteiger partial charge in [0, 0.05) is 18.7 Å². The molecule has 0 unspecified atom stereocenters. The first-order valence-electron chi connectivity index (χ1n) is 4.41. The summed E-state index contributed by atoms with van der Waals surface area (Å²) in [6, 6.07) is 3.17. The maximum absolute atomic E-state index is 12.0. The molecule has 1 rings (SSSR count). The Kier molecular flexibility index (Phi) is 3.91. The van der Waals surface area contributed by atoms with E-state index in [-0.39, 0.29) is 5.69 Å². The first kappa shape index (κ1) is 12.8. The van der Waals surface area contributed by atoms with Crippen LogP contribution in [0.5, 0.6) is 5.75 Å². The zero-order chi connectivity index (χ0) is 13.0. The van der Waals surface area contributed by atoms with Gasteiger partial charge in [0.05, 0.1) is 4.92 Å². The summed E-state index contributed by atoms with van der Waals surface area (Å²) < 4.78 is 27.9. The van der Waals surface area contributed by atoms with Crippen LogP contribution in [0.1, 0.15) is 6.92 Å². The Hall–Kier alpha value is -2.25. The summed E-state index contributed by atoms with van der Waals surface area (Å²) in [5, 5.41) is 12.9. The van der Waals surface area contributed by atoms with Gasteiger partial charge >= 0.3 is 12.3 Å². The van der Waals surface area contributed by atoms with Crippen molar-refractivity contribution in [1.82, 2.24) is 0 Å². The topological polar surface area (TPSA) is 81.5 Å². The molecular formula is C9H8F2N2O4. The van der Waals surface area contributed by atoms with Gasteiger partial charge in [-0.15, -0.1) is 0 Å². The average Bonchev–Trinajstić information content (AvgIpc) is 2.18. The van der Waals surface area contributed by atoms with Crippen LogP contribution in [0, 0.1) is 10.1 Å². The number of carbonyl (C=O) groups is 1. The molecule has 0 atom stereocenters. The minimum atomic E-state index is -3.15. The monoisotopic (exact) mass is 246 g/mol. The number of carbonyl (C=O) groups excluding carboxylic acids is 1. The lowest BCUT2D eigenvalue weighted by molar-refractivity contribution is -0.386. The Morgan fingerprint density at radius 1 is 1.53 bits per heavy atom. The van der Waals surface area contributed by atoms with Gasteiger partial charge in [0.25, 0.3) is 0 Å². The van der Waals surface area contributed by atoms with E-state index < -0.39 is 28.9 Å². The van der Waals surface area contributed by atoms with Crippen molar-refractivity contribution in [2.75, 3.05) is 5.32 Å². The molecular weight excluding hydrogens is 238 g/mol. The molecule has 0 aliphatic heterocycles. The lowest BCUT2D eigenvalue weighted by Crippen LogP contribution is -2.08. The minimum absolute atomic E-state index is 0.130. The van der Waals surface area contributed by atoms with Crippen LogP contribution in [-0.2, 0) is 4.79 Å². The molecule has 1 amide bonds. The molecule has 17 heavy (non-hydrogen) atoms. The van der Waals surface area contributed by atoms with Crippen LogP contribution in [0.3, 0.4) is 0 Å². The number of ether oxygens (including phenoxy) is 1. The molecule has 0 saturated heterocycles. The van der Waals surface area contributed by atoms with E-state index in [1.54, 1.807) is 0 Å². The second kappa shape index (κ2) is 5.19. The fourth-order valence-electron chi connectivity index (χ4n) is 1.14. The third-order valence-electron chi connectivity index (χ3n) is 1.69. The summed E-state index contributed by atoms with van der Waals surface area (Å²) in [5.74, 6) is -0.985. The predicted octanol–water partition coefficient (Wildman–Crippen LogP) is 2.15. The Bertz CT molecular complexity index is 451. The zero-order valence-corrected chi connectivity index (χ0v) is 8.65. The molecule has 0 bridgehead atoms. The molecule has 0 aromatic heterocycles. The number of nitro benzene ring substituents is 1. The molecule has 0 spiro atoms. The zero-order valence-electron chi connectivity index (χ0n) is 8.65. The number of hydrogen-bond acceptors (Lipinski definition) is 4. The summed E-state index contributed by atoms with van der Waals surface area (Å²) >= 11 is 0. The average molecular weight is 246 g/mol. The van der Waals surface area contributed by atoms with Crippen molar-refractivity contribution < 1.29 is 23.2 Å². The van der Waals surface area contributed by atoms with Gasteiger partial charge in [-0.1, -0.05) is 0 Å². The van der Waals surface area contributed by atoms with Crippen LogP contribution in [0.4, 0.5) is 20.2 Å². The van der Waals surface area contributed by atoms with E-state index in [9.17, 15) is 23.7 Å². The van der Waals surface area contributed by atoms with Crippen molar-refractivity contribution in [1.29, 1.82) is 0 Å². The number of alkyl halides is 2. The van der Waals surface area contributed by atoms with Crippen molar-refractivity contribution in [2.24, 2.45) is 0 Å². The predicted molar refractivity (Wildman–Crippen MR) is 54.0 cm³/mol. The van der Waals surface area contributed by atoms with Crippen LogP contribution < -0.4 is 10.1 Å². The molecule has 1 N–H and O–H groups in total. The van der Waals surface area contributed by atoms with Gasteiger partial charge in [0.1, 0.15) is 0 Å². The van der Waals surface area contributed by atoms with Crippen LogP contribution in [0.15, 0.2) is 18.2 Å². The van der Waals surface area contributed by atoms with Gasteiger partial charge in [-0.2, -0.15) is 8.78 Å². The van der Waals surface area contributed by atoms with E-state index in [4.69, 9.17) is 0 Å². The van der Waals surface area contributed by atoms with Crippen molar-refractivity contribution in [3.8, 4) is 5.75 Å². The van der Waals surface area contributed by atoms with Gasteiger partial charge in [-0.25, -0.2) is 0 Å². The molecule has 0 fully saturated rings. The number of nitrogens with zero attached hydrogens (tertiary/aromatic N) is 1. The third kappa shape index (κ3) is 3.67. The molecule has 1 aromatic rings. The second-order valence-corrected chi connectivity index (χ2v) is 3.00. The van der Waals surface area contributed by atoms with Gasteiger partial charge in [0.2, 0.25) is 11.7 Å². The normalized spacial score (nSPS) is 10.1. The number of rotatable bonds is 4. The highest BCUT2D eigenvalue weighted by molar-refractivity contribution is 5.89. The highest BCUT2D eigenvalue weighted by Crippen LogP contribution is 2.31. The van der Waals surface area contributed by atoms with E-state index in [1.165, 1.54) is 13.0 Å². The standard InChI is InChI=1S/C9H8F2N2O4/c1-5(14)12-6-2-3-8(17-9(10)11)7(4-6)13(15)16/h2-4,9H,1H3,(H,12,14). The Balaban J connectivity index is 3.08. The Morgan fingerprint density at radius 3 is 2.65 bits per heavy atom. The van der Waals surface area contributed by atoms with E-state index >= 15 is 0 Å². The number of amides is 1. The number of halogens is 2. The second-order valence-electron chi connectivity index (χ2n) is 3.00. The molecule has 0 radical (unpaired) electrons. The maximum Gasteiger partial charge on any atom is 0.387 e. The van der Waals surface area contributed by atoms with E-state index in [2.05, 4.69) is 10.1 Å². The van der Waals surface area contributed by atoms with Crippen molar-refractivity contribution in [2.45, 2.75) is 13.5 Å². The number of anilines is 1. The minimum Gasteiger partial charge on any atom is -0.427 e. The number of nitro groups is 1. The quantitative estimate of drug-likeness (QED) is 0.651. The van der Waals surface area contributed by atoms with Crippen LogP contribution in [-0.4, -0.2) is 17.4 Å². The number of nitrogens with one attached hydrogen (secondary N) is 1. The fraction of sp³-hybridized carbons (Fsp3) is 0.222. The van der Waals surface area contributed by atoms with Crippen molar-refractivity contribution >= 4 is 17.3 Å². The lowest BCUT2D eigenvalue weighted by Gasteiger charge is -2.07. The van der Waals surface area contributed by atoms with E-state index in [0.29, 0.717) is 0 Å². The molecule has 0 aliphatic rings. The molecule has 8 heteroatoms. The van der Waals surface area contributed by atoms with E-state index in [1.807, 2.05) is 0 Å². The molecule has 0 saturated carbocycles. The number of hydrogen-bond donors (Lipinski definition) is 1. The Labute approximate surface area is 94.3 Å². The third-order valence-corrected chi connectivity index (χ3v) is 1.69. The summed E-state index contributed by atoms with van der Waals surface area (Å²) in [7, 11) is 0. The summed E-state index contributed by atoms with van der Waals surface area (Å²) in [6.45, 7) is -1.93. The molecule has 1 aromatic carbocycles. The fourth-order valence-corrected chi connectivity index (χ4v) is 1.14. The first-order valence-corrected chi connectivity index (χ1v) is 4.41. The molecule has 6 nitrogen and oxygen atoms in total. The maximum atomic E-state index is 12.0. The van der Waals surface area contributed by atoms with Crippen LogP contribution >= 0.6 is 0 Å². The van der Waals surface area contributed by atoms with Crippen LogP contribution in [0.25, 0.3) is 0 Å². The van der Waals surface area contributed by atoms with Gasteiger partial charge in [0.15, 0.2) is 0 Å². The van der Waals surface area contributed by atoms with Gasteiger partial charge in [-0.05, 0) is 12.1 Å². The van der Waals surface area contributed by atoms with Crippen molar-refractivity contribution in [3.63, 3.8) is 0 Å².